The third kappa shape index (κ3) is 3.42. The predicted molar refractivity (Wildman–Crippen MR) is 111 cm³/mol. The van der Waals surface area contributed by atoms with Gasteiger partial charge in [0.1, 0.15) is 11.5 Å². The third-order valence-corrected chi connectivity index (χ3v) is 4.77. The van der Waals surface area contributed by atoms with E-state index in [0.29, 0.717) is 17.1 Å². The molecular formula is C23H18N2O3. The Labute approximate surface area is 162 Å². The van der Waals surface area contributed by atoms with Crippen LogP contribution in [0.1, 0.15) is 16.9 Å². The van der Waals surface area contributed by atoms with Gasteiger partial charge in [0.15, 0.2) is 0 Å². The maximum Gasteiger partial charge on any atom is 0.280 e. The summed E-state index contributed by atoms with van der Waals surface area (Å²) in [6.45, 7) is 3.78. The smallest absolute Gasteiger partial charge is 0.280 e. The number of furan rings is 1. The van der Waals surface area contributed by atoms with Crippen LogP contribution in [0.25, 0.3) is 22.1 Å². The van der Waals surface area contributed by atoms with Crippen LogP contribution < -0.4 is 0 Å². The zero-order valence-electron chi connectivity index (χ0n) is 15.5. The van der Waals surface area contributed by atoms with Gasteiger partial charge < -0.3 is 4.42 Å². The first kappa shape index (κ1) is 17.7. The summed E-state index contributed by atoms with van der Waals surface area (Å²) in [5.74, 6) is 0.991. The number of hydrogen-bond acceptors (Lipinski definition) is 4. The fourth-order valence-electron chi connectivity index (χ4n) is 3.11. The summed E-state index contributed by atoms with van der Waals surface area (Å²) < 4.78 is 5.81. The van der Waals surface area contributed by atoms with Crippen LogP contribution >= 0.6 is 0 Å². The Morgan fingerprint density at radius 3 is 2.46 bits per heavy atom. The predicted octanol–water partition coefficient (Wildman–Crippen LogP) is 6.38. The zero-order valence-corrected chi connectivity index (χ0v) is 15.5. The zero-order chi connectivity index (χ0) is 19.7. The molecule has 1 heterocycles. The number of rotatable bonds is 4. The van der Waals surface area contributed by atoms with Crippen LogP contribution in [-0.4, -0.2) is 11.1 Å². The van der Waals surface area contributed by atoms with Crippen molar-refractivity contribution in [2.75, 3.05) is 0 Å². The van der Waals surface area contributed by atoms with E-state index in [1.54, 1.807) is 30.5 Å². The van der Waals surface area contributed by atoms with Gasteiger partial charge in [-0.05, 0) is 66.1 Å². The number of aryl methyl sites for hydroxylation is 2. The largest absolute Gasteiger partial charge is 0.455 e. The first-order valence-corrected chi connectivity index (χ1v) is 8.90. The fraction of sp³-hybridized carbons (Fsp3) is 0.0870. The highest BCUT2D eigenvalue weighted by atomic mass is 16.6. The van der Waals surface area contributed by atoms with Gasteiger partial charge in [-0.1, -0.05) is 30.3 Å². The van der Waals surface area contributed by atoms with E-state index < -0.39 is 0 Å². The maximum atomic E-state index is 11.4. The molecule has 138 valence electrons. The summed E-state index contributed by atoms with van der Waals surface area (Å²) in [7, 11) is 0. The molecule has 0 bridgehead atoms. The van der Waals surface area contributed by atoms with Crippen molar-refractivity contribution >= 4 is 28.4 Å². The second kappa shape index (κ2) is 7.12. The molecule has 0 spiro atoms. The molecule has 3 aromatic carbocycles. The lowest BCUT2D eigenvalue weighted by atomic mass is 10.0. The van der Waals surface area contributed by atoms with E-state index >= 15 is 0 Å². The Morgan fingerprint density at radius 2 is 1.68 bits per heavy atom. The second-order valence-corrected chi connectivity index (χ2v) is 6.70. The van der Waals surface area contributed by atoms with E-state index in [1.807, 2.05) is 50.2 Å². The summed E-state index contributed by atoms with van der Waals surface area (Å²) in [5.41, 5.74) is 3.17. The molecule has 4 aromatic rings. The van der Waals surface area contributed by atoms with Crippen LogP contribution in [0.2, 0.25) is 0 Å². The topological polar surface area (TPSA) is 68.6 Å². The molecule has 0 atom stereocenters. The van der Waals surface area contributed by atoms with Crippen molar-refractivity contribution in [3.63, 3.8) is 0 Å². The molecule has 0 fully saturated rings. The van der Waals surface area contributed by atoms with Crippen LogP contribution in [0.3, 0.4) is 0 Å². The summed E-state index contributed by atoms with van der Waals surface area (Å²) >= 11 is 0. The minimum absolute atomic E-state index is 0.0375. The number of aliphatic imine (C=N–C) groups is 1. The molecular weight excluding hydrogens is 352 g/mol. The molecule has 0 unspecified atom stereocenters. The number of hydrogen-bond donors (Lipinski definition) is 0. The monoisotopic (exact) mass is 370 g/mol. The van der Waals surface area contributed by atoms with Crippen LogP contribution in [0, 0.1) is 24.0 Å². The van der Waals surface area contributed by atoms with Gasteiger partial charge in [0.05, 0.1) is 22.4 Å². The molecule has 1 aromatic heterocycles. The standard InChI is InChI=1S/C23H18N2O3/c1-15-11-21(22(25(26)27)12-16(15)2)23-10-9-20(28-23)14-24-19-8-7-17-5-3-4-6-18(17)13-19/h3-14H,1-2H3. The minimum Gasteiger partial charge on any atom is -0.455 e. The Morgan fingerprint density at radius 1 is 0.929 bits per heavy atom. The van der Waals surface area contributed by atoms with E-state index in [1.165, 1.54) is 0 Å². The molecule has 0 N–H and O–H groups in total. The maximum absolute atomic E-state index is 11.4. The van der Waals surface area contributed by atoms with E-state index in [9.17, 15) is 10.1 Å². The fourth-order valence-corrected chi connectivity index (χ4v) is 3.11. The van der Waals surface area contributed by atoms with Crippen molar-refractivity contribution in [1.82, 2.24) is 0 Å². The van der Waals surface area contributed by atoms with Crippen molar-refractivity contribution in [1.29, 1.82) is 0 Å². The second-order valence-electron chi connectivity index (χ2n) is 6.70. The lowest BCUT2D eigenvalue weighted by molar-refractivity contribution is -0.384. The Hall–Kier alpha value is -3.73. The third-order valence-electron chi connectivity index (χ3n) is 4.77. The highest BCUT2D eigenvalue weighted by molar-refractivity contribution is 5.87. The Kier molecular flexibility index (Phi) is 4.49. The van der Waals surface area contributed by atoms with E-state index in [0.717, 1.165) is 27.6 Å². The first-order chi connectivity index (χ1) is 13.5. The van der Waals surface area contributed by atoms with Crippen molar-refractivity contribution in [3.05, 3.63) is 93.7 Å². The summed E-state index contributed by atoms with van der Waals surface area (Å²) in [6.07, 6.45) is 1.63. The average molecular weight is 370 g/mol. The lowest BCUT2D eigenvalue weighted by Crippen LogP contribution is -1.94. The molecule has 5 heteroatoms. The van der Waals surface area contributed by atoms with Crippen LogP contribution in [-0.2, 0) is 0 Å². The molecule has 0 aliphatic heterocycles. The molecule has 5 nitrogen and oxygen atoms in total. The van der Waals surface area contributed by atoms with Gasteiger partial charge in [0.2, 0.25) is 0 Å². The summed E-state index contributed by atoms with van der Waals surface area (Å²) in [6, 6.07) is 20.9. The molecule has 0 saturated heterocycles. The highest BCUT2D eigenvalue weighted by Crippen LogP contribution is 2.33. The molecule has 4 rings (SSSR count). The van der Waals surface area contributed by atoms with Gasteiger partial charge in [-0.3, -0.25) is 15.1 Å². The summed E-state index contributed by atoms with van der Waals surface area (Å²) in [5, 5.41) is 13.7. The number of benzene rings is 3. The normalized spacial score (nSPS) is 11.4. The van der Waals surface area contributed by atoms with Gasteiger partial charge in [-0.2, -0.15) is 0 Å². The van der Waals surface area contributed by atoms with Gasteiger partial charge in [-0.25, -0.2) is 0 Å². The van der Waals surface area contributed by atoms with Crippen molar-refractivity contribution in [2.45, 2.75) is 13.8 Å². The first-order valence-electron chi connectivity index (χ1n) is 8.90. The van der Waals surface area contributed by atoms with Gasteiger partial charge >= 0.3 is 0 Å². The van der Waals surface area contributed by atoms with Gasteiger partial charge in [-0.15, -0.1) is 0 Å². The van der Waals surface area contributed by atoms with E-state index in [4.69, 9.17) is 4.42 Å². The lowest BCUT2D eigenvalue weighted by Gasteiger charge is -2.04. The number of nitro benzene ring substituents is 1. The number of nitro groups is 1. The van der Waals surface area contributed by atoms with Crippen molar-refractivity contribution in [2.24, 2.45) is 4.99 Å². The highest BCUT2D eigenvalue weighted by Gasteiger charge is 2.19. The molecule has 0 saturated carbocycles. The van der Waals surface area contributed by atoms with Crippen LogP contribution in [0.15, 0.2) is 76.1 Å². The average Bonchev–Trinajstić information content (AvgIpc) is 3.16. The number of nitrogens with zero attached hydrogens (tertiary/aromatic N) is 2. The quantitative estimate of drug-likeness (QED) is 0.238. The van der Waals surface area contributed by atoms with E-state index in [-0.39, 0.29) is 10.6 Å². The van der Waals surface area contributed by atoms with Crippen LogP contribution in [0.5, 0.6) is 0 Å². The molecule has 0 radical (unpaired) electrons. The molecule has 0 aliphatic rings. The van der Waals surface area contributed by atoms with Gasteiger partial charge in [0, 0.05) is 6.07 Å². The molecule has 28 heavy (non-hydrogen) atoms. The molecule has 0 aliphatic carbocycles. The number of fused-ring (bicyclic) bond motifs is 1. The SMILES string of the molecule is Cc1cc(-c2ccc(C=Nc3ccc4ccccc4c3)o2)c([N+](=O)[O-])cc1C. The van der Waals surface area contributed by atoms with Crippen molar-refractivity contribution < 1.29 is 9.34 Å². The van der Waals surface area contributed by atoms with E-state index in [2.05, 4.69) is 11.1 Å². The van der Waals surface area contributed by atoms with Crippen LogP contribution in [0.4, 0.5) is 11.4 Å². The minimum atomic E-state index is -0.382. The van der Waals surface area contributed by atoms with Crippen molar-refractivity contribution in [3.8, 4) is 11.3 Å². The Balaban J connectivity index is 1.65. The Bertz CT molecular complexity index is 1220. The summed E-state index contributed by atoms with van der Waals surface area (Å²) in [4.78, 5) is 15.5. The van der Waals surface area contributed by atoms with Gasteiger partial charge in [0.25, 0.3) is 5.69 Å². The molecule has 0 amide bonds.